The summed E-state index contributed by atoms with van der Waals surface area (Å²) in [4.78, 5) is 30.8. The predicted molar refractivity (Wildman–Crippen MR) is 145 cm³/mol. The van der Waals surface area contributed by atoms with E-state index in [-0.39, 0.29) is 24.5 Å². The first kappa shape index (κ1) is 25.1. The molecule has 3 aromatic rings. The number of likely N-dealkylation sites (tertiary alicyclic amines) is 1. The number of hydrogen-bond acceptors (Lipinski definition) is 5. The Kier molecular flexibility index (Phi) is 6.70. The van der Waals surface area contributed by atoms with E-state index in [2.05, 4.69) is 45.2 Å². The Balaban J connectivity index is 1.14. The summed E-state index contributed by atoms with van der Waals surface area (Å²) in [6, 6.07) is 20.4. The van der Waals surface area contributed by atoms with Gasteiger partial charge < -0.3 is 19.5 Å². The molecule has 0 spiro atoms. The van der Waals surface area contributed by atoms with Crippen LogP contribution in [0.3, 0.4) is 0 Å². The maximum Gasteiger partial charge on any atom is 0.409 e. The van der Waals surface area contributed by atoms with Crippen molar-refractivity contribution in [3.05, 3.63) is 88.2 Å². The number of carboxylic acids is 1. The highest BCUT2D eigenvalue weighted by Crippen LogP contribution is 2.48. The smallest absolute Gasteiger partial charge is 0.409 e. The molecule has 196 valence electrons. The molecule has 1 aliphatic heterocycles. The van der Waals surface area contributed by atoms with Gasteiger partial charge in [-0.15, -0.1) is 0 Å². The van der Waals surface area contributed by atoms with Gasteiger partial charge in [0.2, 0.25) is 0 Å². The van der Waals surface area contributed by atoms with Gasteiger partial charge in [0, 0.05) is 30.8 Å². The normalized spacial score (nSPS) is 24.0. The van der Waals surface area contributed by atoms with Gasteiger partial charge in [-0.25, -0.2) is 14.6 Å². The number of ether oxygens (including phenoxy) is 2. The van der Waals surface area contributed by atoms with Crippen LogP contribution in [0.5, 0.6) is 0 Å². The van der Waals surface area contributed by atoms with Crippen molar-refractivity contribution >= 4 is 28.0 Å². The largest absolute Gasteiger partial charge is 0.480 e. The average Bonchev–Trinajstić information content (AvgIpc) is 3.50. The minimum absolute atomic E-state index is 0.0261. The Labute approximate surface area is 229 Å². The van der Waals surface area contributed by atoms with E-state index >= 15 is 0 Å². The Morgan fingerprint density at radius 1 is 1.00 bits per heavy atom. The molecule has 38 heavy (non-hydrogen) atoms. The first-order chi connectivity index (χ1) is 18.4. The number of rotatable bonds is 6. The van der Waals surface area contributed by atoms with Gasteiger partial charge in [-0.05, 0) is 75.3 Å². The summed E-state index contributed by atoms with van der Waals surface area (Å²) in [6.45, 7) is 1.15. The molecule has 2 aromatic carbocycles. The van der Waals surface area contributed by atoms with Crippen LogP contribution in [0, 0.1) is 11.8 Å². The van der Waals surface area contributed by atoms with E-state index in [1.165, 1.54) is 22.3 Å². The van der Waals surface area contributed by atoms with Crippen LogP contribution in [0.4, 0.5) is 4.79 Å². The first-order valence-corrected chi connectivity index (χ1v) is 13.8. The Hall–Kier alpha value is -3.23. The number of aliphatic carboxylic acids is 1. The lowest BCUT2D eigenvalue weighted by Crippen LogP contribution is -2.40. The Morgan fingerprint density at radius 2 is 1.68 bits per heavy atom. The summed E-state index contributed by atoms with van der Waals surface area (Å²) in [6.07, 6.45) is 3.63. The molecule has 1 saturated carbocycles. The van der Waals surface area contributed by atoms with Crippen LogP contribution in [-0.2, 0) is 19.9 Å². The van der Waals surface area contributed by atoms with Crippen LogP contribution in [0.25, 0.3) is 11.1 Å². The van der Waals surface area contributed by atoms with Gasteiger partial charge in [-0.3, -0.25) is 0 Å². The summed E-state index contributed by atoms with van der Waals surface area (Å²) in [5, 5.41) is 9.31. The second-order valence-corrected chi connectivity index (χ2v) is 11.3. The lowest BCUT2D eigenvalue weighted by molar-refractivity contribution is -0.156. The third kappa shape index (κ3) is 4.60. The van der Waals surface area contributed by atoms with Gasteiger partial charge in [0.25, 0.3) is 0 Å². The van der Waals surface area contributed by atoms with E-state index < -0.39 is 11.6 Å². The van der Waals surface area contributed by atoms with Gasteiger partial charge in [0.1, 0.15) is 17.8 Å². The lowest BCUT2D eigenvalue weighted by Gasteiger charge is -2.41. The topological polar surface area (TPSA) is 89.0 Å². The second kappa shape index (κ2) is 10.2. The second-order valence-electron chi connectivity index (χ2n) is 10.5. The fraction of sp³-hybridized carbons (Fsp3) is 0.367. The van der Waals surface area contributed by atoms with E-state index in [0.717, 1.165) is 12.0 Å². The average molecular weight is 577 g/mol. The van der Waals surface area contributed by atoms with Crippen LogP contribution in [0.15, 0.2) is 71.5 Å². The molecular weight excluding hydrogens is 548 g/mol. The van der Waals surface area contributed by atoms with Crippen molar-refractivity contribution in [2.24, 2.45) is 11.8 Å². The van der Waals surface area contributed by atoms with Crippen molar-refractivity contribution < 1.29 is 24.2 Å². The number of fused-ring (bicyclic) bond motifs is 4. The number of hydrogen-bond donors (Lipinski definition) is 1. The summed E-state index contributed by atoms with van der Waals surface area (Å²) in [7, 11) is 0. The van der Waals surface area contributed by atoms with Crippen molar-refractivity contribution in [2.45, 2.75) is 30.8 Å². The molecule has 0 radical (unpaired) electrons. The summed E-state index contributed by atoms with van der Waals surface area (Å²) in [5.74, 6) is -0.441. The number of carboxylic acid groups (broad SMARTS) is 1. The predicted octanol–water partition coefficient (Wildman–Crippen LogP) is 5.82. The fourth-order valence-corrected chi connectivity index (χ4v) is 6.83. The van der Waals surface area contributed by atoms with Crippen LogP contribution >= 0.6 is 15.9 Å². The van der Waals surface area contributed by atoms with Crippen molar-refractivity contribution in [2.75, 3.05) is 26.3 Å². The van der Waals surface area contributed by atoms with Crippen LogP contribution in [-0.4, -0.2) is 53.4 Å². The molecule has 3 aliphatic rings. The number of halogens is 1. The number of aromatic nitrogens is 1. The molecule has 2 heterocycles. The van der Waals surface area contributed by atoms with Gasteiger partial charge in [-0.2, -0.15) is 0 Å². The molecule has 0 bridgehead atoms. The van der Waals surface area contributed by atoms with Crippen LogP contribution < -0.4 is 0 Å². The quantitative estimate of drug-likeness (QED) is 0.372. The van der Waals surface area contributed by atoms with Crippen LogP contribution in [0.2, 0.25) is 0 Å². The summed E-state index contributed by atoms with van der Waals surface area (Å²) >= 11 is 3.37. The van der Waals surface area contributed by atoms with Crippen molar-refractivity contribution in [1.29, 1.82) is 0 Å². The third-order valence-corrected chi connectivity index (χ3v) is 8.88. The van der Waals surface area contributed by atoms with E-state index in [1.54, 1.807) is 6.20 Å². The Bertz CT molecular complexity index is 1320. The molecule has 2 aliphatic carbocycles. The Morgan fingerprint density at radius 3 is 2.34 bits per heavy atom. The van der Waals surface area contributed by atoms with Gasteiger partial charge in [0.15, 0.2) is 0 Å². The molecule has 2 fully saturated rings. The van der Waals surface area contributed by atoms with E-state index in [1.807, 2.05) is 41.3 Å². The molecule has 6 rings (SSSR count). The molecule has 3 atom stereocenters. The van der Waals surface area contributed by atoms with E-state index in [0.29, 0.717) is 43.1 Å². The third-order valence-electron chi connectivity index (χ3n) is 8.41. The molecule has 7 nitrogen and oxygen atoms in total. The van der Waals surface area contributed by atoms with E-state index in [4.69, 9.17) is 9.47 Å². The monoisotopic (exact) mass is 576 g/mol. The minimum Gasteiger partial charge on any atom is -0.480 e. The van der Waals surface area contributed by atoms with E-state index in [9.17, 15) is 14.7 Å². The molecule has 1 N–H and O–H groups in total. The summed E-state index contributed by atoms with van der Waals surface area (Å²) in [5.41, 5.74) is 4.94. The molecule has 1 amide bonds. The minimum atomic E-state index is -0.997. The maximum absolute atomic E-state index is 13.2. The molecule has 1 aromatic heterocycles. The summed E-state index contributed by atoms with van der Waals surface area (Å²) < 4.78 is 12.7. The van der Waals surface area contributed by atoms with Crippen LogP contribution in [0.1, 0.15) is 41.9 Å². The van der Waals surface area contributed by atoms with Crippen molar-refractivity contribution in [3.8, 4) is 11.1 Å². The maximum atomic E-state index is 13.2. The van der Waals surface area contributed by atoms with Gasteiger partial charge in [0.05, 0.1) is 5.60 Å². The fourth-order valence-electron chi connectivity index (χ4n) is 6.60. The molecule has 8 heteroatoms. The number of carbonyl (C=O) groups is 2. The lowest BCUT2D eigenvalue weighted by atomic mass is 9.70. The van der Waals surface area contributed by atoms with Gasteiger partial charge in [-0.1, -0.05) is 54.6 Å². The van der Waals surface area contributed by atoms with Crippen molar-refractivity contribution in [3.63, 3.8) is 0 Å². The highest BCUT2D eigenvalue weighted by Gasteiger charge is 2.48. The zero-order valence-corrected chi connectivity index (χ0v) is 22.5. The number of amides is 1. The number of benzene rings is 2. The highest BCUT2D eigenvalue weighted by atomic mass is 79.9. The number of pyridine rings is 1. The highest BCUT2D eigenvalue weighted by molar-refractivity contribution is 9.10. The zero-order valence-electron chi connectivity index (χ0n) is 20.9. The number of carbonyl (C=O) groups excluding carboxylic acids is 1. The number of nitrogens with zero attached hydrogens (tertiary/aromatic N) is 2. The molecular formula is C30H29BrN2O5. The zero-order chi connectivity index (χ0) is 26.3. The standard InChI is InChI=1S/C30H29BrN2O5/c31-27-10-9-21(14-32-27)30(38-18-28(34)35)12-11-19-15-33(16-20(19)13-30)29(36)37-17-26-24-7-3-1-5-22(24)23-6-2-4-8-25(23)26/h1-10,14,19-20,26H,11-13,15-18H2,(H,34,35). The van der Waals surface area contributed by atoms with Crippen molar-refractivity contribution in [1.82, 2.24) is 9.88 Å². The molecule has 3 unspecified atom stereocenters. The first-order valence-electron chi connectivity index (χ1n) is 13.0. The SMILES string of the molecule is O=C(O)COC1(c2ccc(Br)nc2)CCC2CN(C(=O)OCC3c4ccccc4-c4ccccc43)CC2C1. The van der Waals surface area contributed by atoms with Gasteiger partial charge >= 0.3 is 12.1 Å². The molecule has 1 saturated heterocycles.